The van der Waals surface area contributed by atoms with Crippen molar-refractivity contribution in [1.82, 2.24) is 10.2 Å². The molecule has 1 saturated heterocycles. The number of carbonyl (C=O) groups excluding carboxylic acids is 2. The summed E-state index contributed by atoms with van der Waals surface area (Å²) in [5.41, 5.74) is 0.460. The second-order valence-corrected chi connectivity index (χ2v) is 7.09. The molecule has 0 spiro atoms. The molecule has 1 unspecified atom stereocenters. The van der Waals surface area contributed by atoms with Crippen LogP contribution in [0.25, 0.3) is 0 Å². The van der Waals surface area contributed by atoms with Gasteiger partial charge in [0.05, 0.1) is 12.5 Å². The smallest absolute Gasteiger partial charge is 0.306 e. The predicted octanol–water partition coefficient (Wildman–Crippen LogP) is 2.16. The molecule has 1 aliphatic heterocycles. The molecule has 1 fully saturated rings. The summed E-state index contributed by atoms with van der Waals surface area (Å²) in [5, 5.41) is 11.9. The lowest BCUT2D eigenvalue weighted by Crippen LogP contribution is -2.53. The molecule has 1 aliphatic rings. The first-order valence-corrected chi connectivity index (χ1v) is 9.38. The summed E-state index contributed by atoms with van der Waals surface area (Å²) in [6.07, 6.45) is 0.886. The van der Waals surface area contributed by atoms with E-state index in [0.29, 0.717) is 43.9 Å². The number of ether oxygens (including phenoxy) is 1. The van der Waals surface area contributed by atoms with Gasteiger partial charge in [-0.1, -0.05) is 13.8 Å². The minimum absolute atomic E-state index is 0.0821. The molecule has 0 aromatic heterocycles. The van der Waals surface area contributed by atoms with Crippen molar-refractivity contribution in [1.29, 1.82) is 0 Å². The fourth-order valence-corrected chi connectivity index (χ4v) is 3.15. The Morgan fingerprint density at radius 3 is 2.26 bits per heavy atom. The molecule has 1 atom stereocenters. The number of amides is 2. The molecule has 0 saturated carbocycles. The highest BCUT2D eigenvalue weighted by molar-refractivity contribution is 5.97. The molecule has 27 heavy (non-hydrogen) atoms. The Balaban J connectivity index is 2.01. The average molecular weight is 376 g/mol. The number of rotatable bonds is 7. The van der Waals surface area contributed by atoms with Crippen LogP contribution in [0.4, 0.5) is 0 Å². The minimum atomic E-state index is -0.814. The first-order valence-electron chi connectivity index (χ1n) is 9.38. The van der Waals surface area contributed by atoms with Crippen LogP contribution in [0.5, 0.6) is 5.75 Å². The number of piperidine rings is 1. The molecule has 0 aliphatic carbocycles. The van der Waals surface area contributed by atoms with Gasteiger partial charge in [0.2, 0.25) is 5.91 Å². The van der Waals surface area contributed by atoms with Gasteiger partial charge in [-0.05, 0) is 49.9 Å². The Labute approximate surface area is 159 Å². The van der Waals surface area contributed by atoms with Gasteiger partial charge in [0, 0.05) is 18.7 Å². The van der Waals surface area contributed by atoms with Crippen LogP contribution in [0.2, 0.25) is 0 Å². The third-order valence-corrected chi connectivity index (χ3v) is 4.80. The molecular weight excluding hydrogens is 348 g/mol. The Bertz CT molecular complexity index is 663. The molecule has 0 radical (unpaired) electrons. The molecule has 2 rings (SSSR count). The molecule has 1 aromatic carbocycles. The van der Waals surface area contributed by atoms with E-state index in [2.05, 4.69) is 5.32 Å². The largest absolute Gasteiger partial charge is 0.494 e. The van der Waals surface area contributed by atoms with Crippen LogP contribution in [0.15, 0.2) is 24.3 Å². The lowest BCUT2D eigenvalue weighted by atomic mass is 9.95. The maximum atomic E-state index is 12.9. The number of nitrogens with one attached hydrogen (secondary N) is 1. The minimum Gasteiger partial charge on any atom is -0.494 e. The van der Waals surface area contributed by atoms with Gasteiger partial charge in [0.1, 0.15) is 11.8 Å². The van der Waals surface area contributed by atoms with Crippen molar-refractivity contribution in [2.45, 2.75) is 39.7 Å². The molecule has 7 heteroatoms. The number of hydrogen-bond acceptors (Lipinski definition) is 4. The van der Waals surface area contributed by atoms with Gasteiger partial charge in [-0.15, -0.1) is 0 Å². The molecule has 1 aromatic rings. The summed E-state index contributed by atoms with van der Waals surface area (Å²) < 4.78 is 5.37. The van der Waals surface area contributed by atoms with Crippen LogP contribution in [0, 0.1) is 11.8 Å². The van der Waals surface area contributed by atoms with E-state index in [9.17, 15) is 14.4 Å². The highest BCUT2D eigenvalue weighted by Crippen LogP contribution is 2.19. The van der Waals surface area contributed by atoms with E-state index in [0.717, 1.165) is 0 Å². The summed E-state index contributed by atoms with van der Waals surface area (Å²) in [6.45, 7) is 7.00. The van der Waals surface area contributed by atoms with Crippen LogP contribution in [-0.4, -0.2) is 53.5 Å². The Kier molecular flexibility index (Phi) is 7.21. The number of carbonyl (C=O) groups is 3. The lowest BCUT2D eigenvalue weighted by molar-refractivity contribution is -0.146. The van der Waals surface area contributed by atoms with Gasteiger partial charge < -0.3 is 20.1 Å². The molecule has 2 N–H and O–H groups in total. The van der Waals surface area contributed by atoms with E-state index in [4.69, 9.17) is 9.84 Å². The maximum absolute atomic E-state index is 12.9. The summed E-state index contributed by atoms with van der Waals surface area (Å²) in [6, 6.07) is 6.13. The number of nitrogens with zero attached hydrogens (tertiary/aromatic N) is 1. The molecule has 0 bridgehead atoms. The van der Waals surface area contributed by atoms with Crippen molar-refractivity contribution >= 4 is 17.8 Å². The highest BCUT2D eigenvalue weighted by atomic mass is 16.5. The number of aliphatic carboxylic acids is 1. The van der Waals surface area contributed by atoms with Crippen molar-refractivity contribution in [3.8, 4) is 5.75 Å². The summed E-state index contributed by atoms with van der Waals surface area (Å²) in [5.74, 6) is -1.08. The third-order valence-electron chi connectivity index (χ3n) is 4.80. The van der Waals surface area contributed by atoms with Gasteiger partial charge in [-0.2, -0.15) is 0 Å². The van der Waals surface area contributed by atoms with Gasteiger partial charge in [0.15, 0.2) is 0 Å². The van der Waals surface area contributed by atoms with Crippen molar-refractivity contribution < 1.29 is 24.2 Å². The second kappa shape index (κ2) is 9.39. The zero-order chi connectivity index (χ0) is 20.0. The van der Waals surface area contributed by atoms with Crippen molar-refractivity contribution in [3.63, 3.8) is 0 Å². The normalized spacial score (nSPS) is 16.1. The quantitative estimate of drug-likeness (QED) is 0.760. The van der Waals surface area contributed by atoms with Crippen LogP contribution >= 0.6 is 0 Å². The van der Waals surface area contributed by atoms with Gasteiger partial charge in [0.25, 0.3) is 5.91 Å². The van der Waals surface area contributed by atoms with E-state index >= 15 is 0 Å². The van der Waals surface area contributed by atoms with Crippen molar-refractivity contribution in [3.05, 3.63) is 29.8 Å². The summed E-state index contributed by atoms with van der Waals surface area (Å²) in [7, 11) is 0. The number of carboxylic acid groups (broad SMARTS) is 1. The third kappa shape index (κ3) is 5.45. The van der Waals surface area contributed by atoms with Crippen LogP contribution < -0.4 is 10.1 Å². The van der Waals surface area contributed by atoms with E-state index < -0.39 is 17.9 Å². The first-order chi connectivity index (χ1) is 12.8. The van der Waals surface area contributed by atoms with E-state index in [1.165, 1.54) is 0 Å². The Morgan fingerprint density at radius 1 is 1.19 bits per heavy atom. The molecular formula is C20H28N2O5. The maximum Gasteiger partial charge on any atom is 0.306 e. The molecule has 1 heterocycles. The zero-order valence-electron chi connectivity index (χ0n) is 16.1. The number of likely N-dealkylation sites (tertiary alicyclic amines) is 1. The second-order valence-electron chi connectivity index (χ2n) is 7.09. The summed E-state index contributed by atoms with van der Waals surface area (Å²) in [4.78, 5) is 38.1. The van der Waals surface area contributed by atoms with E-state index in [1.54, 1.807) is 29.2 Å². The number of carboxylic acids is 1. The predicted molar refractivity (Wildman–Crippen MR) is 101 cm³/mol. The topological polar surface area (TPSA) is 95.9 Å². The standard InChI is InChI=1S/C20H28N2O5/c1-4-27-16-7-5-14(6-8-16)18(23)21-17(13(2)3)19(24)22-11-9-15(10-12-22)20(25)26/h5-8,13,15,17H,4,9-12H2,1-3H3,(H,21,23)(H,25,26). The van der Waals surface area contributed by atoms with Crippen LogP contribution in [0.3, 0.4) is 0 Å². The van der Waals surface area contributed by atoms with Gasteiger partial charge in [-0.25, -0.2) is 0 Å². The monoisotopic (exact) mass is 376 g/mol. The fourth-order valence-electron chi connectivity index (χ4n) is 3.15. The Morgan fingerprint density at radius 2 is 1.78 bits per heavy atom. The van der Waals surface area contributed by atoms with Crippen LogP contribution in [-0.2, 0) is 9.59 Å². The zero-order valence-corrected chi connectivity index (χ0v) is 16.1. The molecule has 7 nitrogen and oxygen atoms in total. The lowest BCUT2D eigenvalue weighted by Gasteiger charge is -2.34. The molecule has 2 amide bonds. The highest BCUT2D eigenvalue weighted by Gasteiger charge is 2.33. The number of hydrogen-bond donors (Lipinski definition) is 2. The van der Waals surface area contributed by atoms with Crippen LogP contribution in [0.1, 0.15) is 44.0 Å². The van der Waals surface area contributed by atoms with Crippen molar-refractivity contribution in [2.75, 3.05) is 19.7 Å². The Hall–Kier alpha value is -2.57. The van der Waals surface area contributed by atoms with E-state index in [1.807, 2.05) is 20.8 Å². The van der Waals surface area contributed by atoms with Gasteiger partial charge >= 0.3 is 5.97 Å². The van der Waals surface area contributed by atoms with E-state index in [-0.39, 0.29) is 17.7 Å². The SMILES string of the molecule is CCOc1ccc(C(=O)NC(C(=O)N2CCC(C(=O)O)CC2)C(C)C)cc1. The average Bonchev–Trinajstić information content (AvgIpc) is 2.66. The van der Waals surface area contributed by atoms with Gasteiger partial charge in [-0.3, -0.25) is 14.4 Å². The first kappa shape index (κ1) is 20.7. The van der Waals surface area contributed by atoms with Crippen molar-refractivity contribution in [2.24, 2.45) is 11.8 Å². The summed E-state index contributed by atoms with van der Waals surface area (Å²) >= 11 is 0. The fraction of sp³-hybridized carbons (Fsp3) is 0.550. The molecule has 148 valence electrons. The number of benzene rings is 1.